The lowest BCUT2D eigenvalue weighted by atomic mass is 9.91. The molecule has 1 heterocycles. The summed E-state index contributed by atoms with van der Waals surface area (Å²) in [7, 11) is 0. The lowest BCUT2D eigenvalue weighted by Crippen LogP contribution is -2.46. The lowest BCUT2D eigenvalue weighted by Gasteiger charge is -2.39. The van der Waals surface area contributed by atoms with Crippen LogP contribution in [0.2, 0.25) is 0 Å². The Morgan fingerprint density at radius 1 is 1.08 bits per heavy atom. The monoisotopic (exact) mass is 323 g/mol. The quantitative estimate of drug-likeness (QED) is 0.893. The number of piperidine rings is 1. The van der Waals surface area contributed by atoms with Gasteiger partial charge in [-0.15, -0.1) is 0 Å². The number of carbonyl (C=O) groups is 1. The molecule has 24 heavy (non-hydrogen) atoms. The average molecular weight is 323 g/mol. The summed E-state index contributed by atoms with van der Waals surface area (Å²) in [4.78, 5) is 14.0. The van der Waals surface area contributed by atoms with Gasteiger partial charge in [0.1, 0.15) is 6.04 Å². The highest BCUT2D eigenvalue weighted by Crippen LogP contribution is 2.34. The number of aliphatic carboxylic acids is 1. The molecule has 2 unspecified atom stereocenters. The zero-order chi connectivity index (χ0) is 16.9. The van der Waals surface area contributed by atoms with E-state index in [2.05, 4.69) is 48.2 Å². The van der Waals surface area contributed by atoms with E-state index in [0.717, 1.165) is 37.8 Å². The maximum Gasteiger partial charge on any atom is 0.320 e. The molecule has 0 aliphatic carbocycles. The Kier molecular flexibility index (Phi) is 5.31. The second-order valence-electron chi connectivity index (χ2n) is 6.50. The summed E-state index contributed by atoms with van der Waals surface area (Å²) in [5, 5.41) is 9.69. The Morgan fingerprint density at radius 2 is 1.75 bits per heavy atom. The van der Waals surface area contributed by atoms with E-state index in [1.165, 1.54) is 11.1 Å². The molecule has 1 aliphatic heterocycles. The van der Waals surface area contributed by atoms with E-state index < -0.39 is 12.0 Å². The number of likely N-dealkylation sites (tertiary alicyclic amines) is 1. The van der Waals surface area contributed by atoms with Gasteiger partial charge >= 0.3 is 5.97 Å². The third-order valence-electron chi connectivity index (χ3n) is 4.98. The Morgan fingerprint density at radius 3 is 2.38 bits per heavy atom. The van der Waals surface area contributed by atoms with Crippen molar-refractivity contribution in [3.05, 3.63) is 71.3 Å². The molecule has 1 N–H and O–H groups in total. The maximum absolute atomic E-state index is 11.8. The van der Waals surface area contributed by atoms with Crippen molar-refractivity contribution in [2.75, 3.05) is 6.54 Å². The van der Waals surface area contributed by atoms with Crippen molar-refractivity contribution < 1.29 is 9.90 Å². The smallest absolute Gasteiger partial charge is 0.320 e. The van der Waals surface area contributed by atoms with Gasteiger partial charge < -0.3 is 5.11 Å². The highest BCUT2D eigenvalue weighted by molar-refractivity contribution is 5.73. The van der Waals surface area contributed by atoms with E-state index >= 15 is 0 Å². The van der Waals surface area contributed by atoms with Gasteiger partial charge in [0.25, 0.3) is 0 Å². The van der Waals surface area contributed by atoms with Crippen molar-refractivity contribution in [3.8, 4) is 0 Å². The number of carboxylic acid groups (broad SMARTS) is 1. The normalized spacial score (nSPS) is 19.8. The van der Waals surface area contributed by atoms with Gasteiger partial charge in [0.05, 0.1) is 6.04 Å². The van der Waals surface area contributed by atoms with Crippen LogP contribution in [0, 0.1) is 0 Å². The number of rotatable bonds is 5. The first-order chi connectivity index (χ1) is 11.7. The molecular weight excluding hydrogens is 298 g/mol. The molecular formula is C21H25NO2. The van der Waals surface area contributed by atoms with Crippen molar-refractivity contribution >= 4 is 5.97 Å². The summed E-state index contributed by atoms with van der Waals surface area (Å²) < 4.78 is 0. The topological polar surface area (TPSA) is 40.5 Å². The molecule has 3 heteroatoms. The first kappa shape index (κ1) is 16.7. The van der Waals surface area contributed by atoms with Crippen LogP contribution in [0.5, 0.6) is 0 Å². The van der Waals surface area contributed by atoms with Gasteiger partial charge in [-0.2, -0.15) is 0 Å². The summed E-state index contributed by atoms with van der Waals surface area (Å²) in [5.74, 6) is -0.708. The molecule has 1 fully saturated rings. The summed E-state index contributed by atoms with van der Waals surface area (Å²) in [6.45, 7) is 2.97. The molecule has 0 bridgehead atoms. The number of hydrogen-bond acceptors (Lipinski definition) is 2. The molecule has 0 spiro atoms. The highest BCUT2D eigenvalue weighted by atomic mass is 16.4. The minimum absolute atomic E-state index is 0.00138. The first-order valence-corrected chi connectivity index (χ1v) is 8.83. The van der Waals surface area contributed by atoms with Gasteiger partial charge in [0, 0.05) is 0 Å². The molecule has 0 radical (unpaired) electrons. The van der Waals surface area contributed by atoms with Crippen LogP contribution in [0.15, 0.2) is 54.6 Å². The Bertz CT molecular complexity index is 666. The van der Waals surface area contributed by atoms with Crippen LogP contribution in [0.1, 0.15) is 48.9 Å². The molecule has 3 nitrogen and oxygen atoms in total. The molecule has 126 valence electrons. The Labute approximate surface area is 143 Å². The zero-order valence-electron chi connectivity index (χ0n) is 14.2. The molecule has 0 aromatic heterocycles. The third-order valence-corrected chi connectivity index (χ3v) is 4.98. The third kappa shape index (κ3) is 3.51. The van der Waals surface area contributed by atoms with Crippen LogP contribution in [-0.2, 0) is 11.2 Å². The van der Waals surface area contributed by atoms with E-state index in [-0.39, 0.29) is 6.04 Å². The minimum atomic E-state index is -0.708. The molecule has 2 aromatic carbocycles. The molecule has 2 aromatic rings. The highest BCUT2D eigenvalue weighted by Gasteiger charge is 2.34. The fourth-order valence-electron chi connectivity index (χ4n) is 3.67. The number of benzene rings is 2. The first-order valence-electron chi connectivity index (χ1n) is 8.83. The van der Waals surface area contributed by atoms with Crippen LogP contribution in [0.3, 0.4) is 0 Å². The molecule has 1 aliphatic rings. The number of nitrogens with zero attached hydrogens (tertiary/aromatic N) is 1. The second kappa shape index (κ2) is 7.63. The van der Waals surface area contributed by atoms with Crippen molar-refractivity contribution in [2.45, 2.75) is 44.7 Å². The van der Waals surface area contributed by atoms with Gasteiger partial charge in [0.15, 0.2) is 0 Å². The minimum Gasteiger partial charge on any atom is -0.480 e. The summed E-state index contributed by atoms with van der Waals surface area (Å²) in [6.07, 6.45) is 3.79. The van der Waals surface area contributed by atoms with Gasteiger partial charge in [-0.3, -0.25) is 9.69 Å². The van der Waals surface area contributed by atoms with Gasteiger partial charge in [-0.05, 0) is 42.5 Å². The standard InChI is InChI=1S/C21H25NO2/c1-2-16-11-13-18(14-12-16)20(17-8-4-3-5-9-17)22-15-7-6-10-19(22)21(23)24/h3-5,8-9,11-14,19-20H,2,6-7,10,15H2,1H3,(H,23,24). The largest absolute Gasteiger partial charge is 0.480 e. The van der Waals surface area contributed by atoms with Crippen molar-refractivity contribution in [1.29, 1.82) is 0 Å². The van der Waals surface area contributed by atoms with E-state index in [1.54, 1.807) is 0 Å². The Hall–Kier alpha value is -2.13. The predicted octanol–water partition coefficient (Wildman–Crippen LogP) is 4.28. The van der Waals surface area contributed by atoms with Gasteiger partial charge in [-0.25, -0.2) is 0 Å². The van der Waals surface area contributed by atoms with E-state index in [0.29, 0.717) is 0 Å². The molecule has 1 saturated heterocycles. The number of aryl methyl sites for hydroxylation is 1. The maximum atomic E-state index is 11.8. The molecule has 0 amide bonds. The predicted molar refractivity (Wildman–Crippen MR) is 96.1 cm³/mol. The van der Waals surface area contributed by atoms with Gasteiger partial charge in [0.2, 0.25) is 0 Å². The SMILES string of the molecule is CCc1ccc(C(c2ccccc2)N2CCCCC2C(=O)O)cc1. The summed E-state index contributed by atoms with van der Waals surface area (Å²) >= 11 is 0. The van der Waals surface area contributed by atoms with Crippen LogP contribution < -0.4 is 0 Å². The zero-order valence-corrected chi connectivity index (χ0v) is 14.2. The van der Waals surface area contributed by atoms with Gasteiger partial charge in [-0.1, -0.05) is 67.9 Å². The fourth-order valence-corrected chi connectivity index (χ4v) is 3.67. The molecule has 0 saturated carbocycles. The van der Waals surface area contributed by atoms with Crippen molar-refractivity contribution in [3.63, 3.8) is 0 Å². The number of hydrogen-bond donors (Lipinski definition) is 1. The Balaban J connectivity index is 2.02. The van der Waals surface area contributed by atoms with Crippen LogP contribution in [0.25, 0.3) is 0 Å². The van der Waals surface area contributed by atoms with E-state index in [1.807, 2.05) is 18.2 Å². The van der Waals surface area contributed by atoms with Crippen LogP contribution in [0.4, 0.5) is 0 Å². The van der Waals surface area contributed by atoms with E-state index in [4.69, 9.17) is 0 Å². The second-order valence-corrected chi connectivity index (χ2v) is 6.50. The number of carboxylic acids is 1. The van der Waals surface area contributed by atoms with Crippen LogP contribution >= 0.6 is 0 Å². The summed E-state index contributed by atoms with van der Waals surface area (Å²) in [5.41, 5.74) is 3.64. The molecule has 3 rings (SSSR count). The van der Waals surface area contributed by atoms with Crippen molar-refractivity contribution in [1.82, 2.24) is 4.90 Å². The summed E-state index contributed by atoms with van der Waals surface area (Å²) in [6, 6.07) is 18.5. The average Bonchev–Trinajstić information content (AvgIpc) is 2.64. The molecule has 2 atom stereocenters. The fraction of sp³-hybridized carbons (Fsp3) is 0.381. The van der Waals surface area contributed by atoms with Crippen LogP contribution in [-0.4, -0.2) is 28.6 Å². The van der Waals surface area contributed by atoms with E-state index in [9.17, 15) is 9.90 Å². The van der Waals surface area contributed by atoms with Crippen molar-refractivity contribution in [2.24, 2.45) is 0 Å². The lowest BCUT2D eigenvalue weighted by molar-refractivity contribution is -0.145.